The number of fused-ring (bicyclic) bond motifs is 3. The van der Waals surface area contributed by atoms with Crippen LogP contribution in [0.5, 0.6) is 0 Å². The molecule has 0 aliphatic heterocycles. The molecule has 0 heterocycles. The maximum Gasteiger partial charge on any atom is 0.188 e. The molecule has 2 aromatic rings. The zero-order valence-electron chi connectivity index (χ0n) is 11.4. The molecule has 3 rings (SSSR count). The number of ketones is 1. The molecule has 0 unspecified atom stereocenters. The standard InChI is InChI=1S/C18H16O2/c1-2-20-10-9-18(19)14-7-8-17-15(12-14)11-13-5-3-4-6-16(13)17/h3-10,12H,2,11H2,1H3. The molecule has 0 radical (unpaired) electrons. The number of carbonyl (C=O) groups excluding carboxylic acids is 1. The van der Waals surface area contributed by atoms with E-state index >= 15 is 0 Å². The van der Waals surface area contributed by atoms with Crippen molar-refractivity contribution in [3.63, 3.8) is 0 Å². The average Bonchev–Trinajstić information content (AvgIpc) is 2.85. The van der Waals surface area contributed by atoms with E-state index in [9.17, 15) is 4.79 Å². The molecule has 2 heteroatoms. The molecule has 2 nitrogen and oxygen atoms in total. The highest BCUT2D eigenvalue weighted by Crippen LogP contribution is 2.36. The Balaban J connectivity index is 1.89. The summed E-state index contributed by atoms with van der Waals surface area (Å²) in [5.74, 6) is -0.0165. The van der Waals surface area contributed by atoms with Gasteiger partial charge in [0.05, 0.1) is 12.9 Å². The van der Waals surface area contributed by atoms with E-state index in [4.69, 9.17) is 4.74 Å². The molecule has 1 aliphatic carbocycles. The first-order chi connectivity index (χ1) is 9.79. The Hall–Kier alpha value is -2.35. The maximum absolute atomic E-state index is 12.0. The fourth-order valence-corrected chi connectivity index (χ4v) is 2.60. The lowest BCUT2D eigenvalue weighted by Gasteiger charge is -2.03. The third kappa shape index (κ3) is 2.25. The monoisotopic (exact) mass is 264 g/mol. The van der Waals surface area contributed by atoms with Crippen LogP contribution in [-0.4, -0.2) is 12.4 Å². The summed E-state index contributed by atoms with van der Waals surface area (Å²) in [4.78, 5) is 12.0. The molecule has 0 spiro atoms. The van der Waals surface area contributed by atoms with E-state index in [0.29, 0.717) is 12.2 Å². The van der Waals surface area contributed by atoms with Gasteiger partial charge in [0.2, 0.25) is 0 Å². The number of benzene rings is 2. The molecule has 0 N–H and O–H groups in total. The second-order valence-electron chi connectivity index (χ2n) is 4.83. The van der Waals surface area contributed by atoms with Gasteiger partial charge in [0.1, 0.15) is 0 Å². The minimum Gasteiger partial charge on any atom is -0.501 e. The molecule has 100 valence electrons. The number of allylic oxidation sites excluding steroid dienone is 1. The summed E-state index contributed by atoms with van der Waals surface area (Å²) in [6.45, 7) is 2.46. The Morgan fingerprint density at radius 3 is 2.80 bits per heavy atom. The molecule has 2 aromatic carbocycles. The highest BCUT2D eigenvalue weighted by Gasteiger charge is 2.18. The Labute approximate surface area is 118 Å². The highest BCUT2D eigenvalue weighted by molar-refractivity contribution is 6.05. The van der Waals surface area contributed by atoms with Crippen LogP contribution in [0.2, 0.25) is 0 Å². The Kier molecular flexibility index (Phi) is 3.38. The van der Waals surface area contributed by atoms with Gasteiger partial charge in [-0.3, -0.25) is 4.79 Å². The molecule has 0 bridgehead atoms. The SMILES string of the molecule is CCOC=CC(=O)c1ccc2c(c1)Cc1ccccc1-2. The summed E-state index contributed by atoms with van der Waals surface area (Å²) in [5, 5.41) is 0. The van der Waals surface area contributed by atoms with Gasteiger partial charge in [-0.1, -0.05) is 36.4 Å². The number of hydrogen-bond acceptors (Lipinski definition) is 2. The molecule has 0 fully saturated rings. The topological polar surface area (TPSA) is 26.3 Å². The van der Waals surface area contributed by atoms with Crippen molar-refractivity contribution in [3.8, 4) is 11.1 Å². The summed E-state index contributed by atoms with van der Waals surface area (Å²) < 4.78 is 5.07. The van der Waals surface area contributed by atoms with Crippen LogP contribution in [-0.2, 0) is 11.2 Å². The molecule has 0 saturated heterocycles. The molecular weight excluding hydrogens is 248 g/mol. The van der Waals surface area contributed by atoms with Crippen LogP contribution in [0.4, 0.5) is 0 Å². The Bertz CT molecular complexity index is 684. The van der Waals surface area contributed by atoms with Crippen molar-refractivity contribution < 1.29 is 9.53 Å². The zero-order valence-corrected chi connectivity index (χ0v) is 11.4. The summed E-state index contributed by atoms with van der Waals surface area (Å²) >= 11 is 0. The smallest absolute Gasteiger partial charge is 0.188 e. The predicted octanol–water partition coefficient (Wildman–Crippen LogP) is 3.99. The Morgan fingerprint density at radius 2 is 1.95 bits per heavy atom. The van der Waals surface area contributed by atoms with Crippen molar-refractivity contribution in [1.82, 2.24) is 0 Å². The number of carbonyl (C=O) groups is 1. The minimum absolute atomic E-state index is 0.0165. The lowest BCUT2D eigenvalue weighted by molar-refractivity contribution is 0.104. The fraction of sp³-hybridized carbons (Fsp3) is 0.167. The highest BCUT2D eigenvalue weighted by atomic mass is 16.5. The van der Waals surface area contributed by atoms with E-state index in [-0.39, 0.29) is 5.78 Å². The molecular formula is C18H16O2. The fourth-order valence-electron chi connectivity index (χ4n) is 2.60. The van der Waals surface area contributed by atoms with E-state index in [2.05, 4.69) is 24.3 Å². The summed E-state index contributed by atoms with van der Waals surface area (Å²) in [5.41, 5.74) is 5.80. The molecule has 20 heavy (non-hydrogen) atoms. The number of ether oxygens (including phenoxy) is 1. The van der Waals surface area contributed by atoms with E-state index in [1.807, 2.05) is 25.1 Å². The molecule has 0 aromatic heterocycles. The van der Waals surface area contributed by atoms with E-state index in [1.165, 1.54) is 34.6 Å². The minimum atomic E-state index is -0.0165. The van der Waals surface area contributed by atoms with Gasteiger partial charge in [0.25, 0.3) is 0 Å². The van der Waals surface area contributed by atoms with Crippen LogP contribution in [0.15, 0.2) is 54.8 Å². The second-order valence-corrected chi connectivity index (χ2v) is 4.83. The first-order valence-corrected chi connectivity index (χ1v) is 6.83. The largest absolute Gasteiger partial charge is 0.501 e. The molecule has 0 amide bonds. The van der Waals surface area contributed by atoms with Crippen LogP contribution in [0.3, 0.4) is 0 Å². The van der Waals surface area contributed by atoms with Crippen molar-refractivity contribution in [2.24, 2.45) is 0 Å². The van der Waals surface area contributed by atoms with Crippen molar-refractivity contribution >= 4 is 5.78 Å². The normalized spacial score (nSPS) is 12.2. The maximum atomic E-state index is 12.0. The summed E-state index contributed by atoms with van der Waals surface area (Å²) in [6, 6.07) is 14.3. The first-order valence-electron chi connectivity index (χ1n) is 6.83. The molecule has 0 atom stereocenters. The van der Waals surface area contributed by atoms with Gasteiger partial charge in [0.15, 0.2) is 5.78 Å². The first kappa shape index (κ1) is 12.7. The van der Waals surface area contributed by atoms with Gasteiger partial charge in [-0.15, -0.1) is 0 Å². The van der Waals surface area contributed by atoms with E-state index < -0.39 is 0 Å². The Morgan fingerprint density at radius 1 is 1.15 bits per heavy atom. The molecule has 0 saturated carbocycles. The zero-order chi connectivity index (χ0) is 13.9. The van der Waals surface area contributed by atoms with E-state index in [1.54, 1.807) is 0 Å². The van der Waals surface area contributed by atoms with Crippen LogP contribution >= 0.6 is 0 Å². The lowest BCUT2D eigenvalue weighted by Crippen LogP contribution is -1.96. The van der Waals surface area contributed by atoms with Gasteiger partial charge in [-0.2, -0.15) is 0 Å². The van der Waals surface area contributed by atoms with Gasteiger partial charge in [-0.25, -0.2) is 0 Å². The summed E-state index contributed by atoms with van der Waals surface area (Å²) in [6.07, 6.45) is 3.85. The van der Waals surface area contributed by atoms with Gasteiger partial charge < -0.3 is 4.74 Å². The van der Waals surface area contributed by atoms with Crippen LogP contribution in [0, 0.1) is 0 Å². The van der Waals surface area contributed by atoms with Crippen LogP contribution in [0.1, 0.15) is 28.4 Å². The van der Waals surface area contributed by atoms with Crippen LogP contribution < -0.4 is 0 Å². The van der Waals surface area contributed by atoms with E-state index in [0.717, 1.165) is 6.42 Å². The van der Waals surface area contributed by atoms with Crippen molar-refractivity contribution in [2.45, 2.75) is 13.3 Å². The van der Waals surface area contributed by atoms with Crippen molar-refractivity contribution in [3.05, 3.63) is 71.5 Å². The number of rotatable bonds is 4. The third-order valence-electron chi connectivity index (χ3n) is 3.56. The number of hydrogen-bond donors (Lipinski definition) is 0. The van der Waals surface area contributed by atoms with Crippen LogP contribution in [0.25, 0.3) is 11.1 Å². The molecule has 1 aliphatic rings. The lowest BCUT2D eigenvalue weighted by atomic mass is 10.0. The van der Waals surface area contributed by atoms with Gasteiger partial charge in [0, 0.05) is 11.6 Å². The average molecular weight is 264 g/mol. The van der Waals surface area contributed by atoms with Gasteiger partial charge >= 0.3 is 0 Å². The predicted molar refractivity (Wildman–Crippen MR) is 79.8 cm³/mol. The van der Waals surface area contributed by atoms with Gasteiger partial charge in [-0.05, 0) is 41.7 Å². The van der Waals surface area contributed by atoms with Crippen molar-refractivity contribution in [2.75, 3.05) is 6.61 Å². The quantitative estimate of drug-likeness (QED) is 0.404. The van der Waals surface area contributed by atoms with Crippen molar-refractivity contribution in [1.29, 1.82) is 0 Å². The summed E-state index contributed by atoms with van der Waals surface area (Å²) in [7, 11) is 0. The third-order valence-corrected chi connectivity index (χ3v) is 3.56. The second kappa shape index (κ2) is 5.33.